The van der Waals surface area contributed by atoms with E-state index in [-0.39, 0.29) is 0 Å². The molecular formula is C23H25N3OS. The van der Waals surface area contributed by atoms with Crippen molar-refractivity contribution in [2.45, 2.75) is 18.4 Å². The second kappa shape index (κ2) is 9.13. The highest BCUT2D eigenvalue weighted by molar-refractivity contribution is 7.95. The molecule has 0 atom stereocenters. The van der Waals surface area contributed by atoms with Crippen LogP contribution in [0, 0.1) is 6.92 Å². The van der Waals surface area contributed by atoms with E-state index in [0.717, 1.165) is 43.4 Å². The summed E-state index contributed by atoms with van der Waals surface area (Å²) in [5.74, 6) is 0.879. The zero-order chi connectivity index (χ0) is 19.2. The van der Waals surface area contributed by atoms with Crippen LogP contribution in [0.25, 0.3) is 0 Å². The molecule has 3 aromatic rings. The van der Waals surface area contributed by atoms with Gasteiger partial charge in [0.05, 0.1) is 12.0 Å². The van der Waals surface area contributed by atoms with Gasteiger partial charge in [-0.1, -0.05) is 23.8 Å². The van der Waals surface area contributed by atoms with Crippen molar-refractivity contribution in [3.05, 3.63) is 84.2 Å². The van der Waals surface area contributed by atoms with Gasteiger partial charge in [0, 0.05) is 55.7 Å². The van der Waals surface area contributed by atoms with Crippen molar-refractivity contribution >= 4 is 17.7 Å². The Hall–Kier alpha value is -2.50. The summed E-state index contributed by atoms with van der Waals surface area (Å²) in [4.78, 5) is 10.2. The van der Waals surface area contributed by atoms with Gasteiger partial charge in [0.2, 0.25) is 0 Å². The molecule has 2 aromatic carbocycles. The van der Waals surface area contributed by atoms with Crippen molar-refractivity contribution in [1.82, 2.24) is 9.88 Å². The number of aryl methyl sites for hydroxylation is 1. The van der Waals surface area contributed by atoms with Gasteiger partial charge in [0.25, 0.3) is 0 Å². The average molecular weight is 392 g/mol. The summed E-state index contributed by atoms with van der Waals surface area (Å²) in [5.41, 5.74) is 3.80. The van der Waals surface area contributed by atoms with E-state index < -0.39 is 0 Å². The van der Waals surface area contributed by atoms with E-state index in [9.17, 15) is 0 Å². The van der Waals surface area contributed by atoms with E-state index in [1.54, 1.807) is 0 Å². The molecule has 4 rings (SSSR count). The number of benzene rings is 2. The van der Waals surface area contributed by atoms with Gasteiger partial charge >= 0.3 is 0 Å². The molecule has 1 aromatic heterocycles. The highest BCUT2D eigenvalue weighted by atomic mass is 32.2. The zero-order valence-corrected chi connectivity index (χ0v) is 16.9. The molecular weight excluding hydrogens is 366 g/mol. The third kappa shape index (κ3) is 5.06. The fourth-order valence-electron chi connectivity index (χ4n) is 3.32. The first-order chi connectivity index (χ1) is 13.8. The minimum absolute atomic E-state index is 0.879. The van der Waals surface area contributed by atoms with Crippen molar-refractivity contribution in [3.8, 4) is 5.75 Å². The van der Waals surface area contributed by atoms with Crippen LogP contribution in [0.15, 0.2) is 78.0 Å². The van der Waals surface area contributed by atoms with Crippen molar-refractivity contribution in [2.24, 2.45) is 0 Å². The SMILES string of the molecule is Cc1ccc(SOc2ccc(N3CCN(Cc4cccnc4)CC3)cc2)cc1. The summed E-state index contributed by atoms with van der Waals surface area (Å²) in [6.07, 6.45) is 3.79. The van der Waals surface area contributed by atoms with Gasteiger partial charge in [0.15, 0.2) is 0 Å². The predicted molar refractivity (Wildman–Crippen MR) is 116 cm³/mol. The van der Waals surface area contributed by atoms with Crippen LogP contribution in [0.3, 0.4) is 0 Å². The molecule has 0 N–H and O–H groups in total. The zero-order valence-electron chi connectivity index (χ0n) is 16.1. The normalized spacial score (nSPS) is 14.8. The third-order valence-corrected chi connectivity index (χ3v) is 5.70. The molecule has 1 fully saturated rings. The number of hydrogen-bond acceptors (Lipinski definition) is 5. The molecule has 0 spiro atoms. The monoisotopic (exact) mass is 391 g/mol. The van der Waals surface area contributed by atoms with Gasteiger partial charge in [-0.2, -0.15) is 0 Å². The lowest BCUT2D eigenvalue weighted by atomic mass is 10.2. The first-order valence-electron chi connectivity index (χ1n) is 9.64. The van der Waals surface area contributed by atoms with Crippen molar-refractivity contribution in [1.29, 1.82) is 0 Å². The van der Waals surface area contributed by atoms with E-state index in [1.165, 1.54) is 28.9 Å². The van der Waals surface area contributed by atoms with E-state index in [1.807, 2.05) is 18.5 Å². The quantitative estimate of drug-likeness (QED) is 0.563. The summed E-state index contributed by atoms with van der Waals surface area (Å²) in [7, 11) is 0. The number of hydrogen-bond donors (Lipinski definition) is 0. The number of anilines is 1. The molecule has 1 aliphatic heterocycles. The van der Waals surface area contributed by atoms with Gasteiger partial charge in [-0.15, -0.1) is 0 Å². The highest BCUT2D eigenvalue weighted by Gasteiger charge is 2.17. The van der Waals surface area contributed by atoms with Crippen LogP contribution < -0.4 is 9.08 Å². The molecule has 0 unspecified atom stereocenters. The molecule has 1 saturated heterocycles. The average Bonchev–Trinajstić information content (AvgIpc) is 2.75. The summed E-state index contributed by atoms with van der Waals surface area (Å²) >= 11 is 1.40. The van der Waals surface area contributed by atoms with E-state index >= 15 is 0 Å². The molecule has 28 heavy (non-hydrogen) atoms. The van der Waals surface area contributed by atoms with Crippen LogP contribution in [0.5, 0.6) is 5.75 Å². The Kier molecular flexibility index (Phi) is 6.14. The van der Waals surface area contributed by atoms with E-state index in [4.69, 9.17) is 4.18 Å². The van der Waals surface area contributed by atoms with E-state index in [0.29, 0.717) is 0 Å². The van der Waals surface area contributed by atoms with Gasteiger partial charge in [0.1, 0.15) is 5.75 Å². The summed E-state index contributed by atoms with van der Waals surface area (Å²) in [5, 5.41) is 0. The minimum Gasteiger partial charge on any atom is -0.421 e. The lowest BCUT2D eigenvalue weighted by Gasteiger charge is -2.36. The van der Waals surface area contributed by atoms with Gasteiger partial charge < -0.3 is 9.08 Å². The maximum atomic E-state index is 5.84. The Morgan fingerprint density at radius 3 is 2.36 bits per heavy atom. The van der Waals surface area contributed by atoms with Gasteiger partial charge in [-0.05, 0) is 55.0 Å². The second-order valence-electron chi connectivity index (χ2n) is 7.10. The first kappa shape index (κ1) is 18.8. The fraction of sp³-hybridized carbons (Fsp3) is 0.261. The summed E-state index contributed by atoms with van der Waals surface area (Å²) in [6.45, 7) is 7.28. The van der Waals surface area contributed by atoms with Crippen LogP contribution in [0.4, 0.5) is 5.69 Å². The number of aromatic nitrogens is 1. The number of pyridine rings is 1. The van der Waals surface area contributed by atoms with Crippen molar-refractivity contribution in [3.63, 3.8) is 0 Å². The lowest BCUT2D eigenvalue weighted by Crippen LogP contribution is -2.45. The third-order valence-electron chi connectivity index (χ3n) is 4.96. The Morgan fingerprint density at radius 1 is 0.929 bits per heavy atom. The summed E-state index contributed by atoms with van der Waals surface area (Å²) in [6, 6.07) is 20.9. The number of rotatable bonds is 6. The second-order valence-corrected chi connectivity index (χ2v) is 7.90. The van der Waals surface area contributed by atoms with Crippen LogP contribution in [0.2, 0.25) is 0 Å². The molecule has 5 heteroatoms. The predicted octanol–water partition coefficient (Wildman–Crippen LogP) is 4.80. The van der Waals surface area contributed by atoms with Crippen LogP contribution in [0.1, 0.15) is 11.1 Å². The lowest BCUT2D eigenvalue weighted by molar-refractivity contribution is 0.249. The molecule has 4 nitrogen and oxygen atoms in total. The standard InChI is InChI=1S/C23H25N3OS/c1-19-4-10-23(11-5-19)28-27-22-8-6-21(7-9-22)26-15-13-25(14-16-26)18-20-3-2-12-24-17-20/h2-12,17H,13-16,18H2,1H3. The first-order valence-corrected chi connectivity index (χ1v) is 10.4. The molecule has 0 amide bonds. The van der Waals surface area contributed by atoms with E-state index in [2.05, 4.69) is 76.3 Å². The highest BCUT2D eigenvalue weighted by Crippen LogP contribution is 2.26. The van der Waals surface area contributed by atoms with Crippen molar-refractivity contribution in [2.75, 3.05) is 31.1 Å². The minimum atomic E-state index is 0.879. The molecule has 0 aliphatic carbocycles. The van der Waals surface area contributed by atoms with Gasteiger partial charge in [-0.25, -0.2) is 0 Å². The number of piperazine rings is 1. The van der Waals surface area contributed by atoms with Crippen LogP contribution >= 0.6 is 12.0 Å². The molecule has 144 valence electrons. The maximum Gasteiger partial charge on any atom is 0.138 e. The summed E-state index contributed by atoms with van der Waals surface area (Å²) < 4.78 is 5.84. The topological polar surface area (TPSA) is 28.6 Å². The molecule has 1 aliphatic rings. The maximum absolute atomic E-state index is 5.84. The molecule has 0 radical (unpaired) electrons. The molecule has 0 saturated carbocycles. The van der Waals surface area contributed by atoms with Crippen LogP contribution in [-0.2, 0) is 6.54 Å². The molecule has 0 bridgehead atoms. The molecule has 2 heterocycles. The fourth-order valence-corrected chi connectivity index (χ4v) is 3.87. The van der Waals surface area contributed by atoms with Gasteiger partial charge in [-0.3, -0.25) is 9.88 Å². The Morgan fingerprint density at radius 2 is 1.68 bits per heavy atom. The largest absolute Gasteiger partial charge is 0.421 e. The smallest absolute Gasteiger partial charge is 0.138 e. The Labute approximate surface area is 171 Å². The van der Waals surface area contributed by atoms with Crippen LogP contribution in [-0.4, -0.2) is 36.1 Å². The van der Waals surface area contributed by atoms with Crippen molar-refractivity contribution < 1.29 is 4.18 Å². The number of nitrogens with zero attached hydrogens (tertiary/aromatic N) is 3. The Bertz CT molecular complexity index is 861. The Balaban J connectivity index is 1.27.